The van der Waals surface area contributed by atoms with Crippen molar-refractivity contribution < 1.29 is 18.7 Å². The van der Waals surface area contributed by atoms with E-state index in [0.717, 1.165) is 11.1 Å². The fraction of sp³-hybridized carbons (Fsp3) is 0.316. The number of hydrogen-bond acceptors (Lipinski definition) is 6. The van der Waals surface area contributed by atoms with Crippen molar-refractivity contribution in [2.45, 2.75) is 27.3 Å². The van der Waals surface area contributed by atoms with Gasteiger partial charge in [0.15, 0.2) is 0 Å². The van der Waals surface area contributed by atoms with Crippen LogP contribution in [0.15, 0.2) is 40.0 Å². The minimum Gasteiger partial charge on any atom is -0.463 e. The van der Waals surface area contributed by atoms with Crippen molar-refractivity contribution in [3.8, 4) is 11.5 Å². The first-order valence-corrected chi connectivity index (χ1v) is 9.30. The number of rotatable bonds is 5. The Labute approximate surface area is 156 Å². The zero-order valence-corrected chi connectivity index (χ0v) is 15.8. The van der Waals surface area contributed by atoms with Crippen molar-refractivity contribution in [1.29, 1.82) is 0 Å². The number of benzene rings is 1. The summed E-state index contributed by atoms with van der Waals surface area (Å²) in [6.07, 6.45) is 2.90. The number of oxazole rings is 1. The summed E-state index contributed by atoms with van der Waals surface area (Å²) in [7, 11) is 0. The van der Waals surface area contributed by atoms with Gasteiger partial charge in [-0.2, -0.15) is 0 Å². The van der Waals surface area contributed by atoms with Gasteiger partial charge in [-0.15, -0.1) is 0 Å². The minimum absolute atomic E-state index is 0.0679. The SMILES string of the molecule is CCOC(=O)/C=C1/SCC(=O)N1Cc1coc(-c2ccc(C)cc2C)n1. The highest BCUT2D eigenvalue weighted by molar-refractivity contribution is 8.04. The van der Waals surface area contributed by atoms with Crippen LogP contribution in [-0.4, -0.2) is 34.1 Å². The van der Waals surface area contributed by atoms with Crippen LogP contribution in [0.4, 0.5) is 0 Å². The van der Waals surface area contributed by atoms with E-state index in [1.165, 1.54) is 28.3 Å². The molecule has 0 spiro atoms. The second kappa shape index (κ2) is 7.78. The molecule has 0 aliphatic carbocycles. The fourth-order valence-electron chi connectivity index (χ4n) is 2.70. The van der Waals surface area contributed by atoms with Gasteiger partial charge in [0.2, 0.25) is 11.8 Å². The second-order valence-corrected chi connectivity index (χ2v) is 6.96. The molecule has 1 aliphatic rings. The lowest BCUT2D eigenvalue weighted by atomic mass is 10.1. The minimum atomic E-state index is -0.453. The second-order valence-electron chi connectivity index (χ2n) is 5.97. The Morgan fingerprint density at radius 2 is 2.23 bits per heavy atom. The number of aromatic nitrogens is 1. The van der Waals surface area contributed by atoms with Crippen molar-refractivity contribution in [2.75, 3.05) is 12.4 Å². The van der Waals surface area contributed by atoms with Crippen molar-refractivity contribution >= 4 is 23.6 Å². The molecule has 1 aromatic heterocycles. The molecule has 1 fully saturated rings. The maximum absolute atomic E-state index is 12.2. The maximum Gasteiger partial charge on any atom is 0.333 e. The molecule has 2 aromatic rings. The molecular weight excluding hydrogens is 352 g/mol. The van der Waals surface area contributed by atoms with Gasteiger partial charge in [0, 0.05) is 5.56 Å². The summed E-state index contributed by atoms with van der Waals surface area (Å²) in [6, 6.07) is 6.05. The molecule has 6 nitrogen and oxygen atoms in total. The molecule has 1 aliphatic heterocycles. The first-order chi connectivity index (χ1) is 12.5. The van der Waals surface area contributed by atoms with Crippen LogP contribution >= 0.6 is 11.8 Å². The van der Waals surface area contributed by atoms with Gasteiger partial charge in [-0.3, -0.25) is 9.69 Å². The molecule has 3 rings (SSSR count). The monoisotopic (exact) mass is 372 g/mol. The molecule has 7 heteroatoms. The van der Waals surface area contributed by atoms with Crippen LogP contribution in [0.1, 0.15) is 23.7 Å². The van der Waals surface area contributed by atoms with Crippen LogP contribution in [0.5, 0.6) is 0 Å². The predicted octanol–water partition coefficient (Wildman–Crippen LogP) is 3.44. The van der Waals surface area contributed by atoms with E-state index in [4.69, 9.17) is 9.15 Å². The van der Waals surface area contributed by atoms with Gasteiger partial charge in [-0.25, -0.2) is 9.78 Å². The largest absolute Gasteiger partial charge is 0.463 e. The van der Waals surface area contributed by atoms with E-state index < -0.39 is 5.97 Å². The summed E-state index contributed by atoms with van der Waals surface area (Å²) in [6.45, 7) is 6.33. The molecule has 1 saturated heterocycles. The number of amides is 1. The van der Waals surface area contributed by atoms with Crippen molar-refractivity contribution in [1.82, 2.24) is 9.88 Å². The lowest BCUT2D eigenvalue weighted by Crippen LogP contribution is -2.24. The first kappa shape index (κ1) is 18.3. The molecule has 136 valence electrons. The number of hydrogen-bond donors (Lipinski definition) is 0. The standard InChI is InChI=1S/C19H20N2O4S/c1-4-24-18(23)8-17-21(16(22)11-26-17)9-14-10-25-19(20-14)15-6-5-12(2)7-13(15)3/h5-8,10H,4,9,11H2,1-3H3/b17-8+. The summed E-state index contributed by atoms with van der Waals surface area (Å²) < 4.78 is 10.5. The van der Waals surface area contributed by atoms with E-state index in [9.17, 15) is 9.59 Å². The van der Waals surface area contributed by atoms with E-state index in [-0.39, 0.29) is 12.5 Å². The fourth-order valence-corrected chi connectivity index (χ4v) is 3.63. The van der Waals surface area contributed by atoms with Crippen LogP contribution in [0, 0.1) is 13.8 Å². The number of thioether (sulfide) groups is 1. The average molecular weight is 372 g/mol. The summed E-state index contributed by atoms with van der Waals surface area (Å²) in [4.78, 5) is 29.9. The Hall–Kier alpha value is -2.54. The van der Waals surface area contributed by atoms with Gasteiger partial charge < -0.3 is 9.15 Å². The van der Waals surface area contributed by atoms with E-state index >= 15 is 0 Å². The van der Waals surface area contributed by atoms with Crippen molar-refractivity contribution in [3.05, 3.63) is 52.4 Å². The highest BCUT2D eigenvalue weighted by Crippen LogP contribution is 2.31. The third kappa shape index (κ3) is 3.99. The van der Waals surface area contributed by atoms with E-state index in [1.807, 2.05) is 26.0 Å². The van der Waals surface area contributed by atoms with Crippen LogP contribution < -0.4 is 0 Å². The molecule has 0 bridgehead atoms. The Bertz CT molecular complexity index is 872. The summed E-state index contributed by atoms with van der Waals surface area (Å²) in [5, 5.41) is 0.574. The maximum atomic E-state index is 12.2. The van der Waals surface area contributed by atoms with Crippen LogP contribution in [0.3, 0.4) is 0 Å². The van der Waals surface area contributed by atoms with Gasteiger partial charge in [-0.05, 0) is 32.4 Å². The van der Waals surface area contributed by atoms with E-state index in [1.54, 1.807) is 13.2 Å². The van der Waals surface area contributed by atoms with Gasteiger partial charge in [0.1, 0.15) is 6.26 Å². The topological polar surface area (TPSA) is 72.6 Å². The lowest BCUT2D eigenvalue weighted by molar-refractivity contribution is -0.137. The van der Waals surface area contributed by atoms with Crippen LogP contribution in [-0.2, 0) is 20.9 Å². The highest BCUT2D eigenvalue weighted by Gasteiger charge is 2.28. The normalized spacial score (nSPS) is 15.7. The third-order valence-corrected chi connectivity index (χ3v) is 4.95. The Balaban J connectivity index is 1.79. The number of carbonyl (C=O) groups excluding carboxylic acids is 2. The van der Waals surface area contributed by atoms with E-state index in [0.29, 0.717) is 29.0 Å². The molecule has 1 aromatic carbocycles. The van der Waals surface area contributed by atoms with Gasteiger partial charge >= 0.3 is 5.97 Å². The Morgan fingerprint density at radius 1 is 1.42 bits per heavy atom. The molecular formula is C19H20N2O4S. The molecule has 26 heavy (non-hydrogen) atoms. The molecule has 0 saturated carbocycles. The number of ether oxygens (including phenoxy) is 1. The summed E-state index contributed by atoms with van der Waals surface area (Å²) in [5.41, 5.74) is 3.80. The number of aryl methyl sites for hydroxylation is 2. The molecule has 2 heterocycles. The van der Waals surface area contributed by atoms with Crippen LogP contribution in [0.2, 0.25) is 0 Å². The van der Waals surface area contributed by atoms with Crippen LogP contribution in [0.25, 0.3) is 11.5 Å². The van der Waals surface area contributed by atoms with Gasteiger partial charge in [-0.1, -0.05) is 29.5 Å². The van der Waals surface area contributed by atoms with Crippen molar-refractivity contribution in [2.24, 2.45) is 0 Å². The molecule has 0 N–H and O–H groups in total. The molecule has 1 amide bonds. The predicted molar refractivity (Wildman–Crippen MR) is 99.1 cm³/mol. The zero-order chi connectivity index (χ0) is 18.7. The Morgan fingerprint density at radius 3 is 2.96 bits per heavy atom. The highest BCUT2D eigenvalue weighted by atomic mass is 32.2. The average Bonchev–Trinajstić information content (AvgIpc) is 3.17. The summed E-state index contributed by atoms with van der Waals surface area (Å²) in [5.74, 6) is 0.299. The molecule has 0 atom stereocenters. The quantitative estimate of drug-likeness (QED) is 0.591. The lowest BCUT2D eigenvalue weighted by Gasteiger charge is -2.14. The van der Waals surface area contributed by atoms with Gasteiger partial charge in [0.05, 0.1) is 35.7 Å². The Kier molecular flexibility index (Phi) is 5.46. The molecule has 0 radical (unpaired) electrons. The van der Waals surface area contributed by atoms with Gasteiger partial charge in [0.25, 0.3) is 0 Å². The summed E-state index contributed by atoms with van der Waals surface area (Å²) >= 11 is 1.32. The third-order valence-electron chi connectivity index (χ3n) is 3.92. The number of nitrogens with zero attached hydrogens (tertiary/aromatic N) is 2. The first-order valence-electron chi connectivity index (χ1n) is 8.31. The van der Waals surface area contributed by atoms with E-state index in [2.05, 4.69) is 11.1 Å². The number of carbonyl (C=O) groups is 2. The van der Waals surface area contributed by atoms with Crippen molar-refractivity contribution in [3.63, 3.8) is 0 Å². The molecule has 0 unspecified atom stereocenters. The zero-order valence-electron chi connectivity index (χ0n) is 14.9. The smallest absolute Gasteiger partial charge is 0.333 e. The number of esters is 1.